The lowest BCUT2D eigenvalue weighted by atomic mass is 10.1. The third-order valence-corrected chi connectivity index (χ3v) is 3.07. The highest BCUT2D eigenvalue weighted by atomic mass is 16.5. The molecule has 1 aliphatic heterocycles. The number of hydrogen-bond acceptors (Lipinski definition) is 4. The van der Waals surface area contributed by atoms with Gasteiger partial charge in [-0.3, -0.25) is 0 Å². The van der Waals surface area contributed by atoms with Gasteiger partial charge < -0.3 is 15.4 Å². The van der Waals surface area contributed by atoms with E-state index in [1.54, 1.807) is 0 Å². The molecule has 2 atom stereocenters. The average molecular weight is 235 g/mol. The molecule has 94 valence electrons. The maximum atomic E-state index is 5.90. The second-order valence-corrected chi connectivity index (χ2v) is 4.72. The maximum absolute atomic E-state index is 5.90. The van der Waals surface area contributed by atoms with Crippen molar-refractivity contribution in [1.82, 2.24) is 4.98 Å². The van der Waals surface area contributed by atoms with Crippen LogP contribution in [0.3, 0.4) is 0 Å². The van der Waals surface area contributed by atoms with Gasteiger partial charge in [-0.25, -0.2) is 4.98 Å². The lowest BCUT2D eigenvalue weighted by molar-refractivity contribution is 0.0820. The van der Waals surface area contributed by atoms with Crippen molar-refractivity contribution in [2.45, 2.75) is 32.4 Å². The van der Waals surface area contributed by atoms with Crippen LogP contribution >= 0.6 is 0 Å². The number of aromatic nitrogens is 1. The summed E-state index contributed by atoms with van der Waals surface area (Å²) in [4.78, 5) is 6.72. The fourth-order valence-electron chi connectivity index (χ4n) is 2.09. The molecule has 1 fully saturated rings. The van der Waals surface area contributed by atoms with E-state index in [2.05, 4.69) is 22.9 Å². The van der Waals surface area contributed by atoms with Crippen LogP contribution in [0.25, 0.3) is 0 Å². The molecule has 1 saturated heterocycles. The topological polar surface area (TPSA) is 51.4 Å². The van der Waals surface area contributed by atoms with Gasteiger partial charge in [0.05, 0.1) is 6.10 Å². The zero-order chi connectivity index (χ0) is 12.3. The highest BCUT2D eigenvalue weighted by molar-refractivity contribution is 5.42. The molecule has 0 amide bonds. The van der Waals surface area contributed by atoms with Crippen molar-refractivity contribution < 1.29 is 4.74 Å². The normalized spacial score (nSPS) is 23.2. The number of anilines is 1. The Morgan fingerprint density at radius 3 is 3.18 bits per heavy atom. The maximum Gasteiger partial charge on any atom is 0.128 e. The predicted molar refractivity (Wildman–Crippen MR) is 69.1 cm³/mol. The monoisotopic (exact) mass is 235 g/mol. The number of hydrogen-bond donors (Lipinski definition) is 1. The number of nitrogens with zero attached hydrogens (tertiary/aromatic N) is 2. The quantitative estimate of drug-likeness (QED) is 0.848. The Balaban J connectivity index is 2.17. The molecule has 0 saturated carbocycles. The average Bonchev–Trinajstić information content (AvgIpc) is 2.54. The van der Waals surface area contributed by atoms with Crippen molar-refractivity contribution in [3.63, 3.8) is 0 Å². The van der Waals surface area contributed by atoms with Crippen molar-refractivity contribution >= 4 is 5.82 Å². The summed E-state index contributed by atoms with van der Waals surface area (Å²) < 4.78 is 5.64. The molecule has 4 heteroatoms. The summed E-state index contributed by atoms with van der Waals surface area (Å²) in [7, 11) is 0. The van der Waals surface area contributed by atoms with Gasteiger partial charge in [0.2, 0.25) is 0 Å². The van der Waals surface area contributed by atoms with Crippen LogP contribution in [0, 0.1) is 0 Å². The van der Waals surface area contributed by atoms with Gasteiger partial charge in [0.15, 0.2) is 0 Å². The first-order chi connectivity index (χ1) is 8.16. The predicted octanol–water partition coefficient (Wildman–Crippen LogP) is 1.72. The van der Waals surface area contributed by atoms with E-state index in [1.165, 1.54) is 0 Å². The summed E-state index contributed by atoms with van der Waals surface area (Å²) in [5, 5.41) is 0. The van der Waals surface area contributed by atoms with E-state index < -0.39 is 0 Å². The zero-order valence-electron chi connectivity index (χ0n) is 10.6. The molecule has 0 bridgehead atoms. The second kappa shape index (κ2) is 5.47. The summed E-state index contributed by atoms with van der Waals surface area (Å²) >= 11 is 0. The van der Waals surface area contributed by atoms with Crippen LogP contribution < -0.4 is 10.6 Å². The Labute approximate surface area is 103 Å². The lowest BCUT2D eigenvalue weighted by Gasteiger charge is -2.23. The first-order valence-corrected chi connectivity index (χ1v) is 6.25. The molecule has 0 aliphatic carbocycles. The Morgan fingerprint density at radius 1 is 1.59 bits per heavy atom. The molecule has 2 heterocycles. The van der Waals surface area contributed by atoms with Crippen molar-refractivity contribution in [1.29, 1.82) is 0 Å². The summed E-state index contributed by atoms with van der Waals surface area (Å²) in [5.74, 6) is 1.01. The van der Waals surface area contributed by atoms with Crippen molar-refractivity contribution in [2.24, 2.45) is 5.73 Å². The van der Waals surface area contributed by atoms with Gasteiger partial charge in [-0.05, 0) is 38.0 Å². The summed E-state index contributed by atoms with van der Waals surface area (Å²) in [6.07, 6.45) is 3.15. The van der Waals surface area contributed by atoms with Crippen molar-refractivity contribution in [2.75, 3.05) is 24.6 Å². The largest absolute Gasteiger partial charge is 0.377 e. The minimum Gasteiger partial charge on any atom is -0.377 e. The van der Waals surface area contributed by atoms with E-state index in [9.17, 15) is 0 Å². The third kappa shape index (κ3) is 3.17. The first-order valence-electron chi connectivity index (χ1n) is 6.25. The van der Waals surface area contributed by atoms with E-state index in [0.717, 1.165) is 37.5 Å². The molecule has 1 aromatic heterocycles. The second-order valence-electron chi connectivity index (χ2n) is 4.72. The van der Waals surface area contributed by atoms with Gasteiger partial charge in [0.25, 0.3) is 0 Å². The molecule has 2 N–H and O–H groups in total. The van der Waals surface area contributed by atoms with E-state index in [0.29, 0.717) is 0 Å². The molecule has 0 aromatic carbocycles. The van der Waals surface area contributed by atoms with Gasteiger partial charge in [0.1, 0.15) is 5.82 Å². The van der Waals surface area contributed by atoms with Gasteiger partial charge >= 0.3 is 0 Å². The standard InChI is InChI=1S/C13H21N3O/c1-10-9-16(6-3-7-17-10)13-8-12(11(2)14)4-5-15-13/h4-5,8,10-11H,3,6-7,9,14H2,1-2H3/t10?,11-/m0/s1. The lowest BCUT2D eigenvalue weighted by Crippen LogP contribution is -2.30. The fraction of sp³-hybridized carbons (Fsp3) is 0.615. The summed E-state index contributed by atoms with van der Waals surface area (Å²) in [5.41, 5.74) is 7.03. The van der Waals surface area contributed by atoms with Crippen LogP contribution in [0.5, 0.6) is 0 Å². The van der Waals surface area contributed by atoms with Crippen molar-refractivity contribution in [3.05, 3.63) is 23.9 Å². The molecule has 1 aliphatic rings. The minimum absolute atomic E-state index is 0.0531. The molecule has 1 unspecified atom stereocenters. The minimum atomic E-state index is 0.0531. The van der Waals surface area contributed by atoms with E-state index >= 15 is 0 Å². The highest BCUT2D eigenvalue weighted by Crippen LogP contribution is 2.19. The van der Waals surface area contributed by atoms with E-state index in [-0.39, 0.29) is 12.1 Å². The Morgan fingerprint density at radius 2 is 2.41 bits per heavy atom. The van der Waals surface area contributed by atoms with Crippen LogP contribution in [-0.2, 0) is 4.74 Å². The SMILES string of the molecule is CC1CN(c2cc([C@H](C)N)ccn2)CCCO1. The smallest absolute Gasteiger partial charge is 0.128 e. The third-order valence-electron chi connectivity index (χ3n) is 3.07. The van der Waals surface area contributed by atoms with Gasteiger partial charge in [-0.15, -0.1) is 0 Å². The Kier molecular flexibility index (Phi) is 3.97. The Bertz CT molecular complexity index is 367. The van der Waals surface area contributed by atoms with Gasteiger partial charge in [0, 0.05) is 31.9 Å². The highest BCUT2D eigenvalue weighted by Gasteiger charge is 2.16. The number of ether oxygens (including phenoxy) is 1. The van der Waals surface area contributed by atoms with Crippen LogP contribution in [0.4, 0.5) is 5.82 Å². The first kappa shape index (κ1) is 12.3. The number of pyridine rings is 1. The van der Waals surface area contributed by atoms with Crippen LogP contribution in [0.1, 0.15) is 31.9 Å². The van der Waals surface area contributed by atoms with Crippen molar-refractivity contribution in [3.8, 4) is 0 Å². The molecular formula is C13H21N3O. The van der Waals surface area contributed by atoms with Crippen LogP contribution in [0.2, 0.25) is 0 Å². The van der Waals surface area contributed by atoms with E-state index in [4.69, 9.17) is 10.5 Å². The molecule has 17 heavy (non-hydrogen) atoms. The van der Waals surface area contributed by atoms with Gasteiger partial charge in [-0.1, -0.05) is 0 Å². The van der Waals surface area contributed by atoms with Gasteiger partial charge in [-0.2, -0.15) is 0 Å². The van der Waals surface area contributed by atoms with E-state index in [1.807, 2.05) is 19.2 Å². The van der Waals surface area contributed by atoms with Crippen LogP contribution in [-0.4, -0.2) is 30.8 Å². The summed E-state index contributed by atoms with van der Waals surface area (Å²) in [6, 6.07) is 4.12. The summed E-state index contributed by atoms with van der Waals surface area (Å²) in [6.45, 7) is 6.83. The molecule has 4 nitrogen and oxygen atoms in total. The number of nitrogens with two attached hydrogens (primary N) is 1. The fourth-order valence-corrected chi connectivity index (χ4v) is 2.09. The number of rotatable bonds is 2. The molecule has 1 aromatic rings. The van der Waals surface area contributed by atoms with Crippen LogP contribution in [0.15, 0.2) is 18.3 Å². The zero-order valence-corrected chi connectivity index (χ0v) is 10.6. The molecular weight excluding hydrogens is 214 g/mol. The Hall–Kier alpha value is -1.13. The molecule has 0 spiro atoms. The molecule has 2 rings (SSSR count). The molecule has 0 radical (unpaired) electrons.